The van der Waals surface area contributed by atoms with E-state index in [2.05, 4.69) is 48.2 Å². The van der Waals surface area contributed by atoms with Crippen LogP contribution in [0.25, 0.3) is 0 Å². The number of rotatable bonds is 10. The lowest BCUT2D eigenvalue weighted by Gasteiger charge is -2.30. The zero-order chi connectivity index (χ0) is 17.9. The first-order valence-corrected chi connectivity index (χ1v) is 8.52. The molecule has 4 nitrogen and oxygen atoms in total. The molecule has 146 valence electrons. The highest BCUT2D eigenvalue weighted by Crippen LogP contribution is 2.21. The molecular formula is C16H34F3IN4. The molecular weight excluding hydrogens is 432 g/mol. The van der Waals surface area contributed by atoms with Crippen LogP contribution in [0.2, 0.25) is 0 Å². The van der Waals surface area contributed by atoms with E-state index in [0.717, 1.165) is 19.6 Å². The average Bonchev–Trinajstić information content (AvgIpc) is 2.40. The number of alkyl halides is 3. The summed E-state index contributed by atoms with van der Waals surface area (Å²) in [7, 11) is 0. The molecule has 0 unspecified atom stereocenters. The van der Waals surface area contributed by atoms with Crippen LogP contribution >= 0.6 is 24.0 Å². The summed E-state index contributed by atoms with van der Waals surface area (Å²) in [6, 6.07) is 0.942. The Balaban J connectivity index is 0. The molecule has 0 amide bonds. The van der Waals surface area contributed by atoms with E-state index in [1.165, 1.54) is 0 Å². The van der Waals surface area contributed by atoms with Crippen LogP contribution in [0.1, 0.15) is 53.9 Å². The fourth-order valence-corrected chi connectivity index (χ4v) is 2.39. The SMILES string of the molecule is CCNC(=NCCCCC(F)(F)F)NCCN(C(C)C)C(C)C.I. The highest BCUT2D eigenvalue weighted by atomic mass is 127. The third-order valence-electron chi connectivity index (χ3n) is 3.47. The summed E-state index contributed by atoms with van der Waals surface area (Å²) in [5.74, 6) is 0.673. The number of nitrogens with one attached hydrogen (secondary N) is 2. The van der Waals surface area contributed by atoms with Crippen molar-refractivity contribution in [3.05, 3.63) is 0 Å². The monoisotopic (exact) mass is 466 g/mol. The van der Waals surface area contributed by atoms with Gasteiger partial charge in [-0.3, -0.25) is 9.89 Å². The normalized spacial score (nSPS) is 12.7. The highest BCUT2D eigenvalue weighted by molar-refractivity contribution is 14.0. The minimum absolute atomic E-state index is 0. The number of nitrogens with zero attached hydrogens (tertiary/aromatic N) is 2. The molecule has 0 aliphatic heterocycles. The van der Waals surface area contributed by atoms with Crippen molar-refractivity contribution < 1.29 is 13.2 Å². The predicted octanol–water partition coefficient (Wildman–Crippen LogP) is 4.01. The third-order valence-corrected chi connectivity index (χ3v) is 3.47. The molecule has 24 heavy (non-hydrogen) atoms. The van der Waals surface area contributed by atoms with Gasteiger partial charge in [0.05, 0.1) is 0 Å². The summed E-state index contributed by atoms with van der Waals surface area (Å²) >= 11 is 0. The van der Waals surface area contributed by atoms with Crippen LogP contribution in [-0.2, 0) is 0 Å². The summed E-state index contributed by atoms with van der Waals surface area (Å²) in [5, 5.41) is 6.36. The maximum absolute atomic E-state index is 12.1. The Kier molecular flexibility index (Phi) is 15.1. The maximum atomic E-state index is 12.1. The van der Waals surface area contributed by atoms with Crippen molar-refractivity contribution in [2.24, 2.45) is 4.99 Å². The first-order chi connectivity index (χ1) is 10.7. The topological polar surface area (TPSA) is 39.7 Å². The van der Waals surface area contributed by atoms with Crippen molar-refractivity contribution in [1.29, 1.82) is 0 Å². The largest absolute Gasteiger partial charge is 0.389 e. The van der Waals surface area contributed by atoms with Crippen molar-refractivity contribution in [3.63, 3.8) is 0 Å². The first kappa shape index (κ1) is 26.0. The van der Waals surface area contributed by atoms with Crippen LogP contribution in [0, 0.1) is 0 Å². The molecule has 0 atom stereocenters. The van der Waals surface area contributed by atoms with Gasteiger partial charge >= 0.3 is 6.18 Å². The van der Waals surface area contributed by atoms with Crippen LogP contribution in [0.5, 0.6) is 0 Å². The van der Waals surface area contributed by atoms with Crippen molar-refractivity contribution >= 4 is 29.9 Å². The van der Waals surface area contributed by atoms with Crippen LogP contribution in [-0.4, -0.2) is 55.3 Å². The molecule has 0 aliphatic carbocycles. The molecule has 0 saturated heterocycles. The molecule has 0 spiro atoms. The second kappa shape index (κ2) is 14.0. The number of hydrogen-bond acceptors (Lipinski definition) is 2. The summed E-state index contributed by atoms with van der Waals surface area (Å²) in [4.78, 5) is 6.70. The zero-order valence-corrected chi connectivity index (χ0v) is 17.9. The second-order valence-corrected chi connectivity index (χ2v) is 6.19. The Morgan fingerprint density at radius 1 is 1.04 bits per heavy atom. The molecule has 8 heteroatoms. The molecule has 0 rings (SSSR count). The van der Waals surface area contributed by atoms with Crippen LogP contribution in [0.4, 0.5) is 13.2 Å². The maximum Gasteiger partial charge on any atom is 0.389 e. The zero-order valence-electron chi connectivity index (χ0n) is 15.5. The van der Waals surface area contributed by atoms with Gasteiger partial charge in [-0.05, 0) is 47.5 Å². The van der Waals surface area contributed by atoms with Gasteiger partial charge in [0.1, 0.15) is 0 Å². The molecule has 2 N–H and O–H groups in total. The van der Waals surface area contributed by atoms with E-state index in [9.17, 15) is 13.2 Å². The summed E-state index contributed by atoms with van der Waals surface area (Å²) in [6.45, 7) is 13.4. The van der Waals surface area contributed by atoms with E-state index >= 15 is 0 Å². The molecule has 0 aromatic heterocycles. The molecule has 0 saturated carbocycles. The van der Waals surface area contributed by atoms with Crippen LogP contribution in [0.15, 0.2) is 4.99 Å². The van der Waals surface area contributed by atoms with Crippen molar-refractivity contribution in [2.75, 3.05) is 26.2 Å². The number of unbranched alkanes of at least 4 members (excludes halogenated alkanes) is 1. The average molecular weight is 466 g/mol. The number of hydrogen-bond donors (Lipinski definition) is 2. The van der Waals surface area contributed by atoms with Gasteiger partial charge in [-0.15, -0.1) is 24.0 Å². The Morgan fingerprint density at radius 2 is 1.62 bits per heavy atom. The van der Waals surface area contributed by atoms with Crippen LogP contribution < -0.4 is 10.6 Å². The summed E-state index contributed by atoms with van der Waals surface area (Å²) in [5.41, 5.74) is 0. The number of guanidine groups is 1. The first-order valence-electron chi connectivity index (χ1n) is 8.52. The van der Waals surface area contributed by atoms with Gasteiger partial charge in [-0.2, -0.15) is 13.2 Å². The molecule has 0 aromatic rings. The predicted molar refractivity (Wildman–Crippen MR) is 106 cm³/mol. The van der Waals surface area contributed by atoms with Crippen molar-refractivity contribution in [2.45, 2.75) is 72.1 Å². The lowest BCUT2D eigenvalue weighted by atomic mass is 10.2. The van der Waals surface area contributed by atoms with E-state index in [-0.39, 0.29) is 30.4 Å². The van der Waals surface area contributed by atoms with E-state index in [4.69, 9.17) is 0 Å². The number of halogens is 4. The van der Waals surface area contributed by atoms with Gasteiger partial charge < -0.3 is 10.6 Å². The Morgan fingerprint density at radius 3 is 2.08 bits per heavy atom. The second-order valence-electron chi connectivity index (χ2n) is 6.19. The van der Waals surface area contributed by atoms with Gasteiger partial charge in [-0.25, -0.2) is 0 Å². The Bertz CT molecular complexity index is 326. The van der Waals surface area contributed by atoms with Gasteiger partial charge in [0.25, 0.3) is 0 Å². The minimum Gasteiger partial charge on any atom is -0.357 e. The quantitative estimate of drug-likeness (QED) is 0.221. The Hall–Kier alpha value is -0.250. The Labute approximate surface area is 162 Å². The van der Waals surface area contributed by atoms with Gasteiger partial charge in [0, 0.05) is 44.7 Å². The molecule has 0 bridgehead atoms. The van der Waals surface area contributed by atoms with E-state index < -0.39 is 12.6 Å². The summed E-state index contributed by atoms with van der Waals surface area (Å²) < 4.78 is 36.2. The smallest absolute Gasteiger partial charge is 0.357 e. The molecule has 0 heterocycles. The molecule has 0 fully saturated rings. The fraction of sp³-hybridized carbons (Fsp3) is 0.938. The molecule has 0 aliphatic rings. The lowest BCUT2D eigenvalue weighted by Crippen LogP contribution is -2.45. The summed E-state index contributed by atoms with van der Waals surface area (Å²) in [6.07, 6.45) is -4.23. The highest BCUT2D eigenvalue weighted by Gasteiger charge is 2.25. The van der Waals surface area contributed by atoms with Gasteiger partial charge in [0.15, 0.2) is 5.96 Å². The minimum atomic E-state index is -4.07. The van der Waals surface area contributed by atoms with Gasteiger partial charge in [-0.1, -0.05) is 0 Å². The number of aliphatic imine (C=N–C) groups is 1. The standard InChI is InChI=1S/C16H33F3N4.HI/c1-6-20-15(21-10-8-7-9-16(17,18)19)22-11-12-23(13(2)3)14(4)5;/h13-14H,6-12H2,1-5H3,(H2,20,21,22);1H. The van der Waals surface area contributed by atoms with E-state index in [1.54, 1.807) is 0 Å². The van der Waals surface area contributed by atoms with E-state index in [0.29, 0.717) is 31.0 Å². The lowest BCUT2D eigenvalue weighted by molar-refractivity contribution is -0.135. The van der Waals surface area contributed by atoms with E-state index in [1.807, 2.05) is 6.92 Å². The van der Waals surface area contributed by atoms with Gasteiger partial charge in [0.2, 0.25) is 0 Å². The molecule has 0 radical (unpaired) electrons. The molecule has 0 aromatic carbocycles. The fourth-order valence-electron chi connectivity index (χ4n) is 2.39. The van der Waals surface area contributed by atoms with Crippen molar-refractivity contribution in [3.8, 4) is 0 Å². The van der Waals surface area contributed by atoms with Crippen molar-refractivity contribution in [1.82, 2.24) is 15.5 Å². The third kappa shape index (κ3) is 14.1. The van der Waals surface area contributed by atoms with Crippen LogP contribution in [0.3, 0.4) is 0 Å².